The highest BCUT2D eigenvalue weighted by atomic mass is 16.5. The molecule has 0 aliphatic carbocycles. The normalized spacial score (nSPS) is 11.7. The Morgan fingerprint density at radius 2 is 2.16 bits per heavy atom. The minimum atomic E-state index is 0.643. The lowest BCUT2D eigenvalue weighted by atomic mass is 9.99. The first-order chi connectivity index (χ1) is 9.26. The number of ether oxygens (including phenoxy) is 1. The third-order valence-electron chi connectivity index (χ3n) is 3.48. The van der Waals surface area contributed by atoms with Gasteiger partial charge in [0.25, 0.3) is 0 Å². The fraction of sp³-hybridized carbons (Fsp3) is 0.562. The second-order valence-corrected chi connectivity index (χ2v) is 4.79. The number of rotatable bonds is 8. The van der Waals surface area contributed by atoms with E-state index in [4.69, 9.17) is 10.00 Å². The number of nitrogens with one attached hydrogen (secondary N) is 1. The van der Waals surface area contributed by atoms with E-state index < -0.39 is 0 Å². The summed E-state index contributed by atoms with van der Waals surface area (Å²) >= 11 is 0. The van der Waals surface area contributed by atoms with Crippen LogP contribution in [0.4, 0.5) is 5.69 Å². The van der Waals surface area contributed by atoms with E-state index >= 15 is 0 Å². The van der Waals surface area contributed by atoms with Crippen LogP contribution in [0.5, 0.6) is 5.75 Å². The van der Waals surface area contributed by atoms with Crippen LogP contribution in [0.3, 0.4) is 0 Å². The topological polar surface area (TPSA) is 45.0 Å². The highest BCUT2D eigenvalue weighted by Crippen LogP contribution is 2.28. The van der Waals surface area contributed by atoms with E-state index in [2.05, 4.69) is 25.2 Å². The van der Waals surface area contributed by atoms with Crippen molar-refractivity contribution in [2.24, 2.45) is 5.92 Å². The molecule has 3 nitrogen and oxygen atoms in total. The van der Waals surface area contributed by atoms with Crippen molar-refractivity contribution in [2.75, 3.05) is 19.0 Å². The number of nitriles is 1. The number of hydrogen-bond donors (Lipinski definition) is 1. The molecule has 0 aliphatic heterocycles. The first-order valence-electron chi connectivity index (χ1n) is 7.07. The average Bonchev–Trinajstić information content (AvgIpc) is 2.47. The van der Waals surface area contributed by atoms with Gasteiger partial charge in [-0.2, -0.15) is 5.26 Å². The molecule has 104 valence electrons. The molecule has 0 heterocycles. The smallest absolute Gasteiger partial charge is 0.143 e. The van der Waals surface area contributed by atoms with Crippen LogP contribution in [0.1, 0.15) is 45.1 Å². The van der Waals surface area contributed by atoms with E-state index in [1.54, 1.807) is 7.11 Å². The summed E-state index contributed by atoms with van der Waals surface area (Å²) in [6.45, 7) is 5.33. The van der Waals surface area contributed by atoms with Gasteiger partial charge in [-0.05, 0) is 24.5 Å². The molecule has 0 aliphatic rings. The zero-order chi connectivity index (χ0) is 14.1. The van der Waals surface area contributed by atoms with Gasteiger partial charge in [0.2, 0.25) is 0 Å². The van der Waals surface area contributed by atoms with Gasteiger partial charge in [-0.3, -0.25) is 0 Å². The zero-order valence-electron chi connectivity index (χ0n) is 12.2. The lowest BCUT2D eigenvalue weighted by Crippen LogP contribution is -2.15. The fourth-order valence-corrected chi connectivity index (χ4v) is 2.17. The Bertz CT molecular complexity index is 423. The van der Waals surface area contributed by atoms with E-state index in [-0.39, 0.29) is 0 Å². The molecule has 0 saturated heterocycles. The van der Waals surface area contributed by atoms with Crippen LogP contribution in [0.2, 0.25) is 0 Å². The molecular weight excluding hydrogens is 236 g/mol. The fourth-order valence-electron chi connectivity index (χ4n) is 2.17. The standard InChI is InChI=1S/C16H24N2O/c1-4-6-8-13(5-2)12-18-16-14(11-17)9-7-10-15(16)19-3/h7,9-10,13,18H,4-6,8,12H2,1-3H3. The molecule has 19 heavy (non-hydrogen) atoms. The quantitative estimate of drug-likeness (QED) is 0.762. The molecule has 0 bridgehead atoms. The van der Waals surface area contributed by atoms with Crippen molar-refractivity contribution in [3.05, 3.63) is 23.8 Å². The molecule has 0 saturated carbocycles. The van der Waals surface area contributed by atoms with E-state index in [0.29, 0.717) is 11.5 Å². The minimum Gasteiger partial charge on any atom is -0.495 e. The van der Waals surface area contributed by atoms with Gasteiger partial charge in [0.05, 0.1) is 18.4 Å². The Hall–Kier alpha value is -1.69. The SMILES string of the molecule is CCCCC(CC)CNc1c(C#N)cccc1OC. The van der Waals surface area contributed by atoms with Crippen molar-refractivity contribution in [2.45, 2.75) is 39.5 Å². The van der Waals surface area contributed by atoms with Gasteiger partial charge in [0, 0.05) is 6.54 Å². The van der Waals surface area contributed by atoms with Crippen LogP contribution in [0.15, 0.2) is 18.2 Å². The van der Waals surface area contributed by atoms with Crippen molar-refractivity contribution in [3.8, 4) is 11.8 Å². The maximum Gasteiger partial charge on any atom is 0.143 e. The third-order valence-corrected chi connectivity index (χ3v) is 3.48. The Labute approximate surface area is 116 Å². The van der Waals surface area contributed by atoms with E-state index in [1.807, 2.05) is 18.2 Å². The lowest BCUT2D eigenvalue weighted by molar-refractivity contribution is 0.415. The van der Waals surface area contributed by atoms with Crippen molar-refractivity contribution in [3.63, 3.8) is 0 Å². The van der Waals surface area contributed by atoms with Crippen LogP contribution in [0, 0.1) is 17.2 Å². The summed E-state index contributed by atoms with van der Waals surface area (Å²) in [5.74, 6) is 1.39. The molecule has 0 amide bonds. The van der Waals surface area contributed by atoms with Gasteiger partial charge in [-0.25, -0.2) is 0 Å². The van der Waals surface area contributed by atoms with Crippen LogP contribution in [0.25, 0.3) is 0 Å². The Morgan fingerprint density at radius 1 is 1.37 bits per heavy atom. The predicted octanol–water partition coefficient (Wildman–Crippen LogP) is 4.20. The van der Waals surface area contributed by atoms with Crippen LogP contribution in [-0.2, 0) is 0 Å². The highest BCUT2D eigenvalue weighted by Gasteiger charge is 2.11. The summed E-state index contributed by atoms with van der Waals surface area (Å²) in [5.41, 5.74) is 1.46. The van der Waals surface area contributed by atoms with Crippen LogP contribution < -0.4 is 10.1 Å². The summed E-state index contributed by atoms with van der Waals surface area (Å²) in [5, 5.41) is 12.6. The molecule has 0 aromatic heterocycles. The zero-order valence-corrected chi connectivity index (χ0v) is 12.2. The second-order valence-electron chi connectivity index (χ2n) is 4.79. The summed E-state index contributed by atoms with van der Waals surface area (Å²) < 4.78 is 5.32. The summed E-state index contributed by atoms with van der Waals surface area (Å²) in [7, 11) is 1.63. The number of anilines is 1. The van der Waals surface area contributed by atoms with Gasteiger partial charge in [0.1, 0.15) is 11.8 Å². The van der Waals surface area contributed by atoms with Crippen molar-refractivity contribution < 1.29 is 4.74 Å². The average molecular weight is 260 g/mol. The summed E-state index contributed by atoms with van der Waals surface area (Å²) in [6.07, 6.45) is 4.88. The van der Waals surface area contributed by atoms with E-state index in [1.165, 1.54) is 19.3 Å². The summed E-state index contributed by atoms with van der Waals surface area (Å²) in [4.78, 5) is 0. The molecule has 1 unspecified atom stereocenters. The number of benzene rings is 1. The molecule has 0 spiro atoms. The molecule has 3 heteroatoms. The lowest BCUT2D eigenvalue weighted by Gasteiger charge is -2.18. The van der Waals surface area contributed by atoms with Gasteiger partial charge < -0.3 is 10.1 Å². The maximum atomic E-state index is 9.16. The highest BCUT2D eigenvalue weighted by molar-refractivity contribution is 5.66. The van der Waals surface area contributed by atoms with E-state index in [9.17, 15) is 0 Å². The number of para-hydroxylation sites is 1. The van der Waals surface area contributed by atoms with Crippen molar-refractivity contribution in [1.82, 2.24) is 0 Å². The van der Waals surface area contributed by atoms with Crippen molar-refractivity contribution >= 4 is 5.69 Å². The second kappa shape index (κ2) is 8.42. The first-order valence-corrected chi connectivity index (χ1v) is 7.07. The number of nitrogens with zero attached hydrogens (tertiary/aromatic N) is 1. The van der Waals surface area contributed by atoms with Gasteiger partial charge >= 0.3 is 0 Å². The monoisotopic (exact) mass is 260 g/mol. The molecular formula is C16H24N2O. The molecule has 0 fully saturated rings. The van der Waals surface area contributed by atoms with Crippen LogP contribution >= 0.6 is 0 Å². The minimum absolute atomic E-state index is 0.643. The number of hydrogen-bond acceptors (Lipinski definition) is 3. The van der Waals surface area contributed by atoms with Crippen molar-refractivity contribution in [1.29, 1.82) is 5.26 Å². The van der Waals surface area contributed by atoms with E-state index in [0.717, 1.165) is 24.4 Å². The molecule has 1 rings (SSSR count). The Balaban J connectivity index is 2.73. The van der Waals surface area contributed by atoms with Gasteiger partial charge in [-0.1, -0.05) is 39.2 Å². The van der Waals surface area contributed by atoms with Crippen LogP contribution in [-0.4, -0.2) is 13.7 Å². The first kappa shape index (κ1) is 15.4. The third kappa shape index (κ3) is 4.48. The largest absolute Gasteiger partial charge is 0.495 e. The number of methoxy groups -OCH3 is 1. The molecule has 1 aromatic rings. The Kier molecular flexibility index (Phi) is 6.81. The predicted molar refractivity (Wildman–Crippen MR) is 79.5 cm³/mol. The molecule has 0 radical (unpaired) electrons. The maximum absolute atomic E-state index is 9.16. The summed E-state index contributed by atoms with van der Waals surface area (Å²) in [6, 6.07) is 7.76. The van der Waals surface area contributed by atoms with Gasteiger partial charge in [-0.15, -0.1) is 0 Å². The van der Waals surface area contributed by atoms with Gasteiger partial charge in [0.15, 0.2) is 0 Å². The molecule has 1 atom stereocenters. The molecule has 1 aromatic carbocycles. The number of unbranched alkanes of at least 4 members (excludes halogenated alkanes) is 1. The molecule has 1 N–H and O–H groups in total. The Morgan fingerprint density at radius 3 is 2.74 bits per heavy atom.